The molecule has 0 aliphatic carbocycles. The molecule has 0 radical (unpaired) electrons. The Kier molecular flexibility index (Phi) is 14.1. The molecular formula is C32H39NO4. The number of ether oxygens (including phenoxy) is 1. The monoisotopic (exact) mass is 501 g/mol. The first-order valence-corrected chi connectivity index (χ1v) is 13.1. The third-order valence-electron chi connectivity index (χ3n) is 5.65. The number of hydrogen-bond donors (Lipinski definition) is 0. The maximum atomic E-state index is 12.8. The number of imide groups is 1. The van der Waals surface area contributed by atoms with E-state index >= 15 is 0 Å². The van der Waals surface area contributed by atoms with Gasteiger partial charge in [0, 0.05) is 0 Å². The van der Waals surface area contributed by atoms with Gasteiger partial charge in [-0.05, 0) is 64.0 Å². The molecule has 0 spiro atoms. The molecule has 1 aromatic carbocycles. The summed E-state index contributed by atoms with van der Waals surface area (Å²) in [5.74, 6) is -1.48. The van der Waals surface area contributed by atoms with Crippen LogP contribution in [0.15, 0.2) is 97.2 Å². The molecule has 0 bridgehead atoms. The maximum Gasteiger partial charge on any atom is 0.329 e. The summed E-state index contributed by atoms with van der Waals surface area (Å²) in [6.07, 6.45) is 31.0. The quantitative estimate of drug-likeness (QED) is 0.135. The lowest BCUT2D eigenvalue weighted by atomic mass is 10.1. The number of hydrogen-bond acceptors (Lipinski definition) is 4. The van der Waals surface area contributed by atoms with Gasteiger partial charge in [0.25, 0.3) is 11.8 Å². The fraction of sp³-hybridized carbons (Fsp3) is 0.344. The van der Waals surface area contributed by atoms with Gasteiger partial charge in [0.05, 0.1) is 17.7 Å². The van der Waals surface area contributed by atoms with E-state index in [4.69, 9.17) is 4.74 Å². The van der Waals surface area contributed by atoms with Gasteiger partial charge < -0.3 is 4.74 Å². The second kappa shape index (κ2) is 17.7. The van der Waals surface area contributed by atoms with Crippen LogP contribution in [0.5, 0.6) is 0 Å². The molecule has 0 saturated heterocycles. The van der Waals surface area contributed by atoms with Crippen LogP contribution in [0.4, 0.5) is 0 Å². The van der Waals surface area contributed by atoms with Gasteiger partial charge in [-0.2, -0.15) is 0 Å². The van der Waals surface area contributed by atoms with E-state index in [1.54, 1.807) is 31.2 Å². The molecule has 37 heavy (non-hydrogen) atoms. The van der Waals surface area contributed by atoms with Gasteiger partial charge in [-0.15, -0.1) is 0 Å². The molecule has 1 aromatic rings. The highest BCUT2D eigenvalue weighted by Crippen LogP contribution is 2.26. The van der Waals surface area contributed by atoms with E-state index in [-0.39, 0.29) is 13.0 Å². The summed E-state index contributed by atoms with van der Waals surface area (Å²) < 4.78 is 5.15. The van der Waals surface area contributed by atoms with E-state index in [0.717, 1.165) is 37.0 Å². The maximum absolute atomic E-state index is 12.8. The van der Waals surface area contributed by atoms with E-state index in [1.165, 1.54) is 0 Å². The van der Waals surface area contributed by atoms with E-state index in [2.05, 4.69) is 67.7 Å². The SMILES string of the molecule is CCC=CCC=CCC=CCC=CCC=CCC=CCC(C(=O)OCC)N1C(=O)c2ccccc2C1=O. The van der Waals surface area contributed by atoms with Crippen molar-refractivity contribution in [1.29, 1.82) is 0 Å². The number of nitrogens with zero attached hydrogens (tertiary/aromatic N) is 1. The zero-order valence-electron chi connectivity index (χ0n) is 22.1. The normalized spacial score (nSPS) is 15.0. The molecule has 2 amide bonds. The molecule has 1 unspecified atom stereocenters. The van der Waals surface area contributed by atoms with Crippen molar-refractivity contribution in [3.05, 3.63) is 108 Å². The van der Waals surface area contributed by atoms with Crippen molar-refractivity contribution in [3.63, 3.8) is 0 Å². The second-order valence-corrected chi connectivity index (χ2v) is 8.44. The molecule has 1 heterocycles. The van der Waals surface area contributed by atoms with Crippen LogP contribution >= 0.6 is 0 Å². The smallest absolute Gasteiger partial charge is 0.329 e. The highest BCUT2D eigenvalue weighted by molar-refractivity contribution is 6.22. The number of benzene rings is 1. The van der Waals surface area contributed by atoms with Crippen molar-refractivity contribution in [1.82, 2.24) is 4.90 Å². The summed E-state index contributed by atoms with van der Waals surface area (Å²) in [7, 11) is 0. The minimum absolute atomic E-state index is 0.183. The average Bonchev–Trinajstić information content (AvgIpc) is 3.15. The van der Waals surface area contributed by atoms with Crippen LogP contribution in [-0.2, 0) is 9.53 Å². The van der Waals surface area contributed by atoms with Crippen LogP contribution in [0.1, 0.15) is 79.5 Å². The van der Waals surface area contributed by atoms with Crippen molar-refractivity contribution in [2.75, 3.05) is 6.61 Å². The Bertz CT molecular complexity index is 1020. The first-order chi connectivity index (χ1) is 18.1. The number of rotatable bonds is 16. The van der Waals surface area contributed by atoms with Crippen LogP contribution in [0, 0.1) is 0 Å². The first-order valence-electron chi connectivity index (χ1n) is 13.1. The Morgan fingerprint density at radius 3 is 1.51 bits per heavy atom. The first kappa shape index (κ1) is 29.5. The number of amides is 2. The molecule has 0 aromatic heterocycles. The molecule has 0 saturated carbocycles. The summed E-state index contributed by atoms with van der Waals surface area (Å²) in [5, 5.41) is 0. The largest absolute Gasteiger partial charge is 0.464 e. The molecule has 2 rings (SSSR count). The van der Waals surface area contributed by atoms with Crippen molar-refractivity contribution in [2.45, 2.75) is 64.8 Å². The molecule has 0 N–H and O–H groups in total. The van der Waals surface area contributed by atoms with Crippen molar-refractivity contribution < 1.29 is 19.1 Å². The van der Waals surface area contributed by atoms with E-state index in [0.29, 0.717) is 17.5 Å². The van der Waals surface area contributed by atoms with Crippen molar-refractivity contribution in [2.24, 2.45) is 0 Å². The molecule has 1 aliphatic heterocycles. The molecule has 5 nitrogen and oxygen atoms in total. The van der Waals surface area contributed by atoms with Crippen LogP contribution in [-0.4, -0.2) is 35.3 Å². The topological polar surface area (TPSA) is 63.7 Å². The van der Waals surface area contributed by atoms with Crippen LogP contribution in [0.3, 0.4) is 0 Å². The Labute approximate surface area is 221 Å². The lowest BCUT2D eigenvalue weighted by molar-refractivity contribution is -0.147. The standard InChI is InChI=1S/C32H39NO4/c1-3-5-6-7-8-9-10-11-12-13-14-15-16-17-18-19-20-21-26-29(32(36)37-4-2)33-30(34)27-24-22-23-25-28(27)31(33)35/h5-6,8-9,11-12,14-15,17-18,20-25,29H,3-4,7,10,13,16,19,26H2,1-2H3. The van der Waals surface area contributed by atoms with Crippen molar-refractivity contribution >= 4 is 17.8 Å². The molecule has 1 aliphatic rings. The summed E-state index contributed by atoms with van der Waals surface area (Å²) >= 11 is 0. The summed E-state index contributed by atoms with van der Waals surface area (Å²) in [4.78, 5) is 39.2. The number of esters is 1. The lowest BCUT2D eigenvalue weighted by Crippen LogP contribution is -2.45. The summed E-state index contributed by atoms with van der Waals surface area (Å²) in [6.45, 7) is 4.02. The minimum atomic E-state index is -0.975. The van der Waals surface area contributed by atoms with Crippen LogP contribution < -0.4 is 0 Å². The molecule has 5 heteroatoms. The minimum Gasteiger partial charge on any atom is -0.464 e. The number of fused-ring (bicyclic) bond motifs is 1. The fourth-order valence-corrected chi connectivity index (χ4v) is 3.78. The predicted molar refractivity (Wildman–Crippen MR) is 150 cm³/mol. The third-order valence-corrected chi connectivity index (χ3v) is 5.65. The van der Waals surface area contributed by atoms with Gasteiger partial charge in [-0.3, -0.25) is 14.5 Å². The van der Waals surface area contributed by atoms with Gasteiger partial charge in [0.15, 0.2) is 0 Å². The van der Waals surface area contributed by atoms with Gasteiger partial charge in [0.1, 0.15) is 6.04 Å². The summed E-state index contributed by atoms with van der Waals surface area (Å²) in [6, 6.07) is 5.65. The Hall–Kier alpha value is -3.73. The van der Waals surface area contributed by atoms with Gasteiger partial charge in [0.2, 0.25) is 0 Å². The van der Waals surface area contributed by atoms with Gasteiger partial charge >= 0.3 is 5.97 Å². The third kappa shape index (κ3) is 10.0. The van der Waals surface area contributed by atoms with E-state index in [1.807, 2.05) is 12.2 Å². The van der Waals surface area contributed by atoms with Gasteiger partial charge in [-0.25, -0.2) is 4.79 Å². The second-order valence-electron chi connectivity index (χ2n) is 8.44. The van der Waals surface area contributed by atoms with E-state index in [9.17, 15) is 14.4 Å². The van der Waals surface area contributed by atoms with Crippen LogP contribution in [0.2, 0.25) is 0 Å². The fourth-order valence-electron chi connectivity index (χ4n) is 3.78. The summed E-state index contributed by atoms with van der Waals surface area (Å²) in [5.41, 5.74) is 0.647. The Morgan fingerprint density at radius 1 is 0.703 bits per heavy atom. The zero-order valence-corrected chi connectivity index (χ0v) is 22.1. The van der Waals surface area contributed by atoms with Gasteiger partial charge in [-0.1, -0.05) is 92.0 Å². The van der Waals surface area contributed by atoms with Crippen molar-refractivity contribution in [3.8, 4) is 0 Å². The number of carbonyl (C=O) groups excluding carboxylic acids is 3. The number of allylic oxidation sites excluding steroid dienone is 11. The molecular weight excluding hydrogens is 462 g/mol. The lowest BCUT2D eigenvalue weighted by Gasteiger charge is -2.23. The Balaban J connectivity index is 1.73. The zero-order chi connectivity index (χ0) is 26.7. The average molecular weight is 502 g/mol. The highest BCUT2D eigenvalue weighted by atomic mass is 16.5. The Morgan fingerprint density at radius 2 is 1.11 bits per heavy atom. The van der Waals surface area contributed by atoms with E-state index < -0.39 is 23.8 Å². The molecule has 1 atom stereocenters. The highest BCUT2D eigenvalue weighted by Gasteiger charge is 2.42. The predicted octanol–water partition coefficient (Wildman–Crippen LogP) is 7.30. The van der Waals surface area contributed by atoms with Crippen LogP contribution in [0.25, 0.3) is 0 Å². The molecule has 0 fully saturated rings. The number of carbonyl (C=O) groups is 3. The molecule has 196 valence electrons.